The first-order valence-corrected chi connectivity index (χ1v) is 4.79. The molecule has 2 aromatic rings. The van der Waals surface area contributed by atoms with Crippen molar-refractivity contribution in [1.29, 1.82) is 0 Å². The third kappa shape index (κ3) is 2.77. The first kappa shape index (κ1) is 9.65. The Bertz CT molecular complexity index is 411. The van der Waals surface area contributed by atoms with Crippen LogP contribution in [-0.4, -0.2) is 9.97 Å². The molecule has 76 valence electrons. The van der Waals surface area contributed by atoms with Gasteiger partial charge in [0.25, 0.3) is 0 Å². The molecule has 0 N–H and O–H groups in total. The largest absolute Gasteiger partial charge is 0.487 e. The van der Waals surface area contributed by atoms with Gasteiger partial charge in [0.05, 0.1) is 5.69 Å². The summed E-state index contributed by atoms with van der Waals surface area (Å²) in [6, 6.07) is 9.80. The van der Waals surface area contributed by atoms with Gasteiger partial charge in [0, 0.05) is 6.20 Å². The molecule has 0 aliphatic carbocycles. The fourth-order valence-electron chi connectivity index (χ4n) is 1.20. The van der Waals surface area contributed by atoms with Gasteiger partial charge in [-0.15, -0.1) is 0 Å². The van der Waals surface area contributed by atoms with E-state index in [9.17, 15) is 0 Å². The molecule has 0 fully saturated rings. The van der Waals surface area contributed by atoms with Crippen molar-refractivity contribution in [2.75, 3.05) is 0 Å². The molecule has 0 aliphatic rings. The van der Waals surface area contributed by atoms with Crippen LogP contribution in [0.5, 0.6) is 5.75 Å². The van der Waals surface area contributed by atoms with E-state index >= 15 is 0 Å². The van der Waals surface area contributed by atoms with Gasteiger partial charge in [0.1, 0.15) is 18.7 Å². The quantitative estimate of drug-likeness (QED) is 0.762. The zero-order valence-electron chi connectivity index (χ0n) is 8.55. The third-order valence-electron chi connectivity index (χ3n) is 2.05. The Morgan fingerprint density at radius 1 is 1.13 bits per heavy atom. The zero-order valence-corrected chi connectivity index (χ0v) is 8.55. The number of hydrogen-bond acceptors (Lipinski definition) is 3. The van der Waals surface area contributed by atoms with Crippen LogP contribution in [-0.2, 0) is 6.61 Å². The summed E-state index contributed by atoms with van der Waals surface area (Å²) in [5.74, 6) is 0.860. The molecule has 0 saturated heterocycles. The van der Waals surface area contributed by atoms with E-state index in [1.54, 1.807) is 6.20 Å². The molecule has 0 saturated carbocycles. The lowest BCUT2D eigenvalue weighted by atomic mass is 10.2. The normalized spacial score (nSPS) is 9.93. The Hall–Kier alpha value is -1.90. The molecular formula is C12H12N2O. The van der Waals surface area contributed by atoms with Gasteiger partial charge in [-0.05, 0) is 25.1 Å². The van der Waals surface area contributed by atoms with E-state index in [2.05, 4.69) is 9.97 Å². The number of aromatic nitrogens is 2. The lowest BCUT2D eigenvalue weighted by Crippen LogP contribution is -1.97. The summed E-state index contributed by atoms with van der Waals surface area (Å²) in [4.78, 5) is 7.92. The smallest absolute Gasteiger partial charge is 0.130 e. The number of ether oxygens (including phenoxy) is 1. The average molecular weight is 200 g/mol. The first-order chi connectivity index (χ1) is 7.34. The highest BCUT2D eigenvalue weighted by Gasteiger charge is 1.95. The maximum atomic E-state index is 5.56. The van der Waals surface area contributed by atoms with Crippen LogP contribution >= 0.6 is 0 Å². The number of rotatable bonds is 3. The number of benzene rings is 1. The van der Waals surface area contributed by atoms with Crippen LogP contribution in [0.3, 0.4) is 0 Å². The molecule has 2 rings (SSSR count). The van der Waals surface area contributed by atoms with Gasteiger partial charge in [-0.3, -0.25) is 0 Å². The Morgan fingerprint density at radius 3 is 2.60 bits per heavy atom. The maximum absolute atomic E-state index is 5.56. The summed E-state index contributed by atoms with van der Waals surface area (Å²) < 4.78 is 5.56. The van der Waals surface area contributed by atoms with Gasteiger partial charge in [0.2, 0.25) is 0 Å². The van der Waals surface area contributed by atoms with Crippen molar-refractivity contribution in [2.24, 2.45) is 0 Å². The van der Waals surface area contributed by atoms with Crippen LogP contribution < -0.4 is 4.74 Å². The minimum Gasteiger partial charge on any atom is -0.487 e. The second kappa shape index (κ2) is 4.55. The van der Waals surface area contributed by atoms with Crippen molar-refractivity contribution in [1.82, 2.24) is 9.97 Å². The summed E-state index contributed by atoms with van der Waals surface area (Å²) in [6.45, 7) is 2.53. The van der Waals surface area contributed by atoms with Crippen molar-refractivity contribution in [2.45, 2.75) is 13.5 Å². The number of nitrogens with zero attached hydrogens (tertiary/aromatic N) is 2. The molecule has 0 radical (unpaired) electrons. The van der Waals surface area contributed by atoms with Crippen LogP contribution in [0, 0.1) is 6.92 Å². The van der Waals surface area contributed by atoms with Gasteiger partial charge in [0.15, 0.2) is 0 Å². The van der Waals surface area contributed by atoms with Crippen molar-refractivity contribution < 1.29 is 4.74 Å². The predicted octanol–water partition coefficient (Wildman–Crippen LogP) is 2.36. The SMILES string of the molecule is Cc1ccc(OCc2ccncn2)cc1. The summed E-state index contributed by atoms with van der Waals surface area (Å²) in [5.41, 5.74) is 2.11. The summed E-state index contributed by atoms with van der Waals surface area (Å²) in [7, 11) is 0. The standard InChI is InChI=1S/C12H12N2O/c1-10-2-4-12(5-3-10)15-8-11-6-7-13-9-14-11/h2-7,9H,8H2,1H3. The Labute approximate surface area is 88.8 Å². The lowest BCUT2D eigenvalue weighted by molar-refractivity contribution is 0.301. The van der Waals surface area contributed by atoms with Crippen LogP contribution in [0.2, 0.25) is 0 Å². The Morgan fingerprint density at radius 2 is 1.93 bits per heavy atom. The van der Waals surface area contributed by atoms with E-state index in [1.165, 1.54) is 11.9 Å². The minimum atomic E-state index is 0.478. The van der Waals surface area contributed by atoms with Crippen molar-refractivity contribution in [3.63, 3.8) is 0 Å². The molecular weight excluding hydrogens is 188 g/mol. The Kier molecular flexibility index (Phi) is 2.93. The monoisotopic (exact) mass is 200 g/mol. The molecule has 0 aliphatic heterocycles. The van der Waals surface area contributed by atoms with Gasteiger partial charge >= 0.3 is 0 Å². The second-order valence-electron chi connectivity index (χ2n) is 3.30. The highest BCUT2D eigenvalue weighted by atomic mass is 16.5. The van der Waals surface area contributed by atoms with E-state index in [1.807, 2.05) is 37.3 Å². The fraction of sp³-hybridized carbons (Fsp3) is 0.167. The molecule has 1 aromatic carbocycles. The van der Waals surface area contributed by atoms with Crippen LogP contribution in [0.4, 0.5) is 0 Å². The number of hydrogen-bond donors (Lipinski definition) is 0. The van der Waals surface area contributed by atoms with E-state index in [0.29, 0.717) is 6.61 Å². The molecule has 1 aromatic heterocycles. The van der Waals surface area contributed by atoms with Crippen molar-refractivity contribution >= 4 is 0 Å². The summed E-state index contributed by atoms with van der Waals surface area (Å²) in [5, 5.41) is 0. The van der Waals surface area contributed by atoms with E-state index in [-0.39, 0.29) is 0 Å². The summed E-state index contributed by atoms with van der Waals surface area (Å²) in [6.07, 6.45) is 3.23. The molecule has 0 unspecified atom stereocenters. The van der Waals surface area contributed by atoms with E-state index < -0.39 is 0 Å². The molecule has 0 spiro atoms. The third-order valence-corrected chi connectivity index (χ3v) is 2.05. The van der Waals surface area contributed by atoms with Crippen LogP contribution in [0.15, 0.2) is 42.9 Å². The van der Waals surface area contributed by atoms with Gasteiger partial charge in [-0.2, -0.15) is 0 Å². The second-order valence-corrected chi connectivity index (χ2v) is 3.30. The topological polar surface area (TPSA) is 35.0 Å². The predicted molar refractivity (Wildman–Crippen MR) is 57.5 cm³/mol. The van der Waals surface area contributed by atoms with Gasteiger partial charge in [-0.25, -0.2) is 9.97 Å². The highest BCUT2D eigenvalue weighted by Crippen LogP contribution is 2.12. The molecule has 0 atom stereocenters. The van der Waals surface area contributed by atoms with Crippen LogP contribution in [0.1, 0.15) is 11.3 Å². The highest BCUT2D eigenvalue weighted by molar-refractivity contribution is 5.26. The maximum Gasteiger partial charge on any atom is 0.130 e. The first-order valence-electron chi connectivity index (χ1n) is 4.79. The average Bonchev–Trinajstić information content (AvgIpc) is 2.30. The van der Waals surface area contributed by atoms with E-state index in [4.69, 9.17) is 4.74 Å². The summed E-state index contributed by atoms with van der Waals surface area (Å²) >= 11 is 0. The molecule has 0 amide bonds. The molecule has 3 nitrogen and oxygen atoms in total. The van der Waals surface area contributed by atoms with Gasteiger partial charge < -0.3 is 4.74 Å². The molecule has 3 heteroatoms. The van der Waals surface area contributed by atoms with Crippen LogP contribution in [0.25, 0.3) is 0 Å². The molecule has 15 heavy (non-hydrogen) atoms. The molecule has 0 bridgehead atoms. The Balaban J connectivity index is 1.96. The van der Waals surface area contributed by atoms with Crippen molar-refractivity contribution in [3.8, 4) is 5.75 Å². The number of aryl methyl sites for hydroxylation is 1. The minimum absolute atomic E-state index is 0.478. The fourth-order valence-corrected chi connectivity index (χ4v) is 1.20. The van der Waals surface area contributed by atoms with Gasteiger partial charge in [-0.1, -0.05) is 17.7 Å². The van der Waals surface area contributed by atoms with Crippen molar-refractivity contribution in [3.05, 3.63) is 54.1 Å². The van der Waals surface area contributed by atoms with E-state index in [0.717, 1.165) is 11.4 Å². The zero-order chi connectivity index (χ0) is 10.5. The lowest BCUT2D eigenvalue weighted by Gasteiger charge is -2.05. The molecule has 1 heterocycles.